The van der Waals surface area contributed by atoms with Crippen LogP contribution in [0.2, 0.25) is 10.0 Å². The molecule has 31 heavy (non-hydrogen) atoms. The topological polar surface area (TPSA) is 64.6 Å². The lowest BCUT2D eigenvalue weighted by atomic mass is 10.1. The van der Waals surface area contributed by atoms with E-state index in [9.17, 15) is 9.59 Å². The molecule has 1 amide bonds. The van der Waals surface area contributed by atoms with Crippen LogP contribution >= 0.6 is 34.5 Å². The van der Waals surface area contributed by atoms with Crippen molar-refractivity contribution in [2.24, 2.45) is 0 Å². The van der Waals surface area contributed by atoms with Crippen molar-refractivity contribution in [3.8, 4) is 5.75 Å². The van der Waals surface area contributed by atoms with Gasteiger partial charge in [0.1, 0.15) is 5.00 Å². The first kappa shape index (κ1) is 23.9. The summed E-state index contributed by atoms with van der Waals surface area (Å²) in [4.78, 5) is 26.5. The monoisotopic (exact) mass is 483 g/mol. The Bertz CT molecular complexity index is 934. The van der Waals surface area contributed by atoms with E-state index < -0.39 is 5.97 Å². The quantitative estimate of drug-likeness (QED) is 0.293. The van der Waals surface area contributed by atoms with Crippen LogP contribution in [0.15, 0.2) is 12.1 Å². The van der Waals surface area contributed by atoms with E-state index in [0.29, 0.717) is 28.5 Å². The number of carbonyl (C=O) groups excluding carboxylic acids is 2. The number of ether oxygens (including phenoxy) is 2. The number of thiophene rings is 1. The fourth-order valence-corrected chi connectivity index (χ4v) is 5.49. The lowest BCUT2D eigenvalue weighted by Gasteiger charge is -2.12. The third-order valence-corrected chi connectivity index (χ3v) is 6.90. The summed E-state index contributed by atoms with van der Waals surface area (Å²) in [7, 11) is 0. The Morgan fingerprint density at radius 3 is 2.52 bits per heavy atom. The molecule has 0 saturated carbocycles. The van der Waals surface area contributed by atoms with E-state index in [2.05, 4.69) is 12.2 Å². The highest BCUT2D eigenvalue weighted by Crippen LogP contribution is 2.40. The minimum Gasteiger partial charge on any atom is -0.490 e. The Kier molecular flexibility index (Phi) is 8.64. The van der Waals surface area contributed by atoms with Gasteiger partial charge in [0.2, 0.25) is 0 Å². The molecule has 0 bridgehead atoms. The number of aryl methyl sites for hydroxylation is 1. The summed E-state index contributed by atoms with van der Waals surface area (Å²) in [6.45, 7) is 4.72. The van der Waals surface area contributed by atoms with Crippen molar-refractivity contribution in [2.75, 3.05) is 18.5 Å². The van der Waals surface area contributed by atoms with Crippen molar-refractivity contribution >= 4 is 51.4 Å². The number of hydrogen-bond donors (Lipinski definition) is 1. The van der Waals surface area contributed by atoms with Crippen molar-refractivity contribution in [1.29, 1.82) is 0 Å². The van der Waals surface area contributed by atoms with Crippen LogP contribution < -0.4 is 10.1 Å². The summed E-state index contributed by atoms with van der Waals surface area (Å²) in [6, 6.07) is 3.07. The number of benzene rings is 1. The molecule has 1 heterocycles. The number of fused-ring (bicyclic) bond motifs is 1. The van der Waals surface area contributed by atoms with Gasteiger partial charge in [-0.1, -0.05) is 49.4 Å². The predicted octanol–water partition coefficient (Wildman–Crippen LogP) is 6.93. The molecule has 168 valence electrons. The molecule has 8 heteroatoms. The van der Waals surface area contributed by atoms with Gasteiger partial charge in [-0.3, -0.25) is 4.79 Å². The second-order valence-electron chi connectivity index (χ2n) is 7.41. The van der Waals surface area contributed by atoms with Crippen LogP contribution in [-0.4, -0.2) is 25.1 Å². The zero-order chi connectivity index (χ0) is 22.4. The fraction of sp³-hybridized carbons (Fsp3) is 0.478. The van der Waals surface area contributed by atoms with E-state index in [1.54, 1.807) is 6.92 Å². The average molecular weight is 484 g/mol. The standard InChI is InChI=1S/C23H27Cl2NO4S/c1-3-5-6-7-11-30-20-16(24)12-14(13-17(20)25)21(27)26-22-19(23(28)29-4-2)15-9-8-10-18(15)31-22/h12-13H,3-11H2,1-2H3,(H,26,27). The summed E-state index contributed by atoms with van der Waals surface area (Å²) < 4.78 is 10.9. The molecular formula is C23H27Cl2NO4S. The largest absolute Gasteiger partial charge is 0.490 e. The number of halogens is 2. The number of rotatable bonds is 10. The number of esters is 1. The molecule has 3 rings (SSSR count). The smallest absolute Gasteiger partial charge is 0.341 e. The lowest BCUT2D eigenvalue weighted by molar-refractivity contribution is 0.0527. The summed E-state index contributed by atoms with van der Waals surface area (Å²) >= 11 is 14.1. The summed E-state index contributed by atoms with van der Waals surface area (Å²) in [5.41, 5.74) is 1.76. The first-order valence-corrected chi connectivity index (χ1v) is 12.3. The third-order valence-electron chi connectivity index (χ3n) is 5.13. The average Bonchev–Trinajstić information content (AvgIpc) is 3.30. The second kappa shape index (κ2) is 11.2. The number of hydrogen-bond acceptors (Lipinski definition) is 5. The maximum absolute atomic E-state index is 12.9. The van der Waals surface area contributed by atoms with E-state index in [1.165, 1.54) is 23.5 Å². The van der Waals surface area contributed by atoms with E-state index >= 15 is 0 Å². The fourth-order valence-electron chi connectivity index (χ4n) is 3.62. The molecule has 1 aliphatic rings. The second-order valence-corrected chi connectivity index (χ2v) is 9.33. The van der Waals surface area contributed by atoms with E-state index in [-0.39, 0.29) is 22.6 Å². The molecule has 1 aromatic heterocycles. The third kappa shape index (κ3) is 5.73. The minimum absolute atomic E-state index is 0.280. The van der Waals surface area contributed by atoms with Gasteiger partial charge in [-0.15, -0.1) is 11.3 Å². The number of nitrogens with one attached hydrogen (secondary N) is 1. The van der Waals surface area contributed by atoms with E-state index in [1.807, 2.05) is 0 Å². The SMILES string of the molecule is CCCCCCOc1c(Cl)cc(C(=O)Nc2sc3c(c2C(=O)OCC)CCC3)cc1Cl. The van der Waals surface area contributed by atoms with Gasteiger partial charge in [-0.05, 0) is 50.3 Å². The van der Waals surface area contributed by atoms with Crippen LogP contribution in [0.1, 0.15) is 77.1 Å². The van der Waals surface area contributed by atoms with Crippen LogP contribution in [0, 0.1) is 0 Å². The predicted molar refractivity (Wildman–Crippen MR) is 126 cm³/mol. The molecule has 2 aromatic rings. The molecule has 0 spiro atoms. The highest BCUT2D eigenvalue weighted by atomic mass is 35.5. The van der Waals surface area contributed by atoms with Gasteiger partial charge in [0.05, 0.1) is 28.8 Å². The Morgan fingerprint density at radius 2 is 1.84 bits per heavy atom. The Labute approximate surface area is 197 Å². The van der Waals surface area contributed by atoms with Gasteiger partial charge in [-0.2, -0.15) is 0 Å². The van der Waals surface area contributed by atoms with Crippen molar-refractivity contribution in [2.45, 2.75) is 58.8 Å². The number of anilines is 1. The van der Waals surface area contributed by atoms with Crippen molar-refractivity contribution in [3.63, 3.8) is 0 Å². The maximum atomic E-state index is 12.9. The number of amides is 1. The van der Waals surface area contributed by atoms with Gasteiger partial charge in [0.25, 0.3) is 5.91 Å². The molecule has 0 atom stereocenters. The van der Waals surface area contributed by atoms with Crippen LogP contribution in [0.4, 0.5) is 5.00 Å². The molecule has 1 N–H and O–H groups in total. The van der Waals surface area contributed by atoms with Gasteiger partial charge in [0, 0.05) is 10.4 Å². The van der Waals surface area contributed by atoms with Crippen molar-refractivity contribution in [1.82, 2.24) is 0 Å². The molecule has 0 saturated heterocycles. The first-order chi connectivity index (χ1) is 15.0. The van der Waals surface area contributed by atoms with Gasteiger partial charge in [0.15, 0.2) is 5.75 Å². The van der Waals surface area contributed by atoms with Gasteiger partial charge in [-0.25, -0.2) is 4.79 Å². The summed E-state index contributed by atoms with van der Waals surface area (Å²) in [6.07, 6.45) is 7.04. The molecule has 0 aliphatic heterocycles. The van der Waals surface area contributed by atoms with Crippen LogP contribution in [-0.2, 0) is 17.6 Å². The van der Waals surface area contributed by atoms with Crippen LogP contribution in [0.5, 0.6) is 5.75 Å². The molecular weight excluding hydrogens is 457 g/mol. The first-order valence-electron chi connectivity index (χ1n) is 10.7. The highest BCUT2D eigenvalue weighted by molar-refractivity contribution is 7.17. The summed E-state index contributed by atoms with van der Waals surface area (Å²) in [5, 5.41) is 3.94. The molecule has 5 nitrogen and oxygen atoms in total. The van der Waals surface area contributed by atoms with Crippen LogP contribution in [0.25, 0.3) is 0 Å². The van der Waals surface area contributed by atoms with Crippen molar-refractivity contribution < 1.29 is 19.1 Å². The minimum atomic E-state index is -0.403. The molecule has 1 aliphatic carbocycles. The van der Waals surface area contributed by atoms with Gasteiger partial charge < -0.3 is 14.8 Å². The van der Waals surface area contributed by atoms with E-state index in [4.69, 9.17) is 32.7 Å². The molecule has 0 radical (unpaired) electrons. The molecule has 0 unspecified atom stereocenters. The van der Waals surface area contributed by atoms with Crippen molar-refractivity contribution in [3.05, 3.63) is 43.7 Å². The highest BCUT2D eigenvalue weighted by Gasteiger charge is 2.28. The zero-order valence-corrected chi connectivity index (χ0v) is 20.1. The number of carbonyl (C=O) groups is 2. The zero-order valence-electron chi connectivity index (χ0n) is 17.8. The molecule has 1 aromatic carbocycles. The van der Waals surface area contributed by atoms with E-state index in [0.717, 1.165) is 55.4 Å². The summed E-state index contributed by atoms with van der Waals surface area (Å²) in [5.74, 6) is -0.400. The number of unbranched alkanes of at least 4 members (excludes halogenated alkanes) is 3. The maximum Gasteiger partial charge on any atom is 0.341 e. The Hall–Kier alpha value is -1.76. The molecule has 0 fully saturated rings. The lowest BCUT2D eigenvalue weighted by Crippen LogP contribution is -2.15. The Balaban J connectivity index is 1.75. The van der Waals surface area contributed by atoms with Crippen LogP contribution in [0.3, 0.4) is 0 Å². The Morgan fingerprint density at radius 1 is 1.10 bits per heavy atom. The van der Waals surface area contributed by atoms with Gasteiger partial charge >= 0.3 is 5.97 Å². The normalized spacial score (nSPS) is 12.5.